The van der Waals surface area contributed by atoms with Crippen LogP contribution in [0.5, 0.6) is 0 Å². The molecule has 2 aromatic rings. The molecule has 1 aromatic heterocycles. The molecule has 0 aliphatic carbocycles. The molecule has 1 N–H and O–H groups in total. The third kappa shape index (κ3) is 1.67. The van der Waals surface area contributed by atoms with Crippen molar-refractivity contribution in [3.63, 3.8) is 0 Å². The molecule has 2 heterocycles. The van der Waals surface area contributed by atoms with Gasteiger partial charge in [0.15, 0.2) is 5.78 Å². The summed E-state index contributed by atoms with van der Waals surface area (Å²) in [5.41, 5.74) is 2.76. The maximum Gasteiger partial charge on any atom is 0.193 e. The normalized spacial score (nSPS) is 19.9. The van der Waals surface area contributed by atoms with Crippen LogP contribution < -0.4 is 0 Å². The molecule has 0 amide bonds. The van der Waals surface area contributed by atoms with Crippen LogP contribution in [0, 0.1) is 6.92 Å². The van der Waals surface area contributed by atoms with E-state index in [4.69, 9.17) is 4.74 Å². The van der Waals surface area contributed by atoms with Gasteiger partial charge >= 0.3 is 0 Å². The number of aromatic nitrogens is 1. The number of para-hydroxylation sites is 1. The van der Waals surface area contributed by atoms with E-state index < -0.39 is 0 Å². The molecule has 1 saturated heterocycles. The first-order valence-corrected chi connectivity index (χ1v) is 6.00. The van der Waals surface area contributed by atoms with Crippen molar-refractivity contribution >= 4 is 16.7 Å². The number of nitrogens with one attached hydrogen (secondary N) is 1. The third-order valence-electron chi connectivity index (χ3n) is 3.36. The van der Waals surface area contributed by atoms with Crippen molar-refractivity contribution in [1.82, 2.24) is 4.98 Å². The first-order valence-electron chi connectivity index (χ1n) is 6.00. The number of carbonyl (C=O) groups excluding carboxylic acids is 1. The van der Waals surface area contributed by atoms with Gasteiger partial charge in [-0.25, -0.2) is 0 Å². The van der Waals surface area contributed by atoms with Gasteiger partial charge < -0.3 is 9.72 Å². The van der Waals surface area contributed by atoms with E-state index in [1.54, 1.807) is 0 Å². The molecule has 3 nitrogen and oxygen atoms in total. The van der Waals surface area contributed by atoms with Crippen molar-refractivity contribution in [3.8, 4) is 0 Å². The SMILES string of the molecule is Cc1[nH]c2ccccc2c1C(=O)C1CCCO1. The van der Waals surface area contributed by atoms with Gasteiger partial charge in [-0.3, -0.25) is 4.79 Å². The molecule has 1 fully saturated rings. The van der Waals surface area contributed by atoms with E-state index in [2.05, 4.69) is 4.98 Å². The van der Waals surface area contributed by atoms with E-state index in [0.717, 1.165) is 35.0 Å². The first kappa shape index (κ1) is 10.5. The van der Waals surface area contributed by atoms with Crippen LogP contribution in [0.15, 0.2) is 24.3 Å². The Balaban J connectivity index is 2.09. The lowest BCUT2D eigenvalue weighted by atomic mass is 10.0. The predicted octanol–water partition coefficient (Wildman–Crippen LogP) is 2.84. The minimum atomic E-state index is -0.243. The molecule has 88 valence electrons. The smallest absolute Gasteiger partial charge is 0.193 e. The van der Waals surface area contributed by atoms with E-state index in [1.807, 2.05) is 31.2 Å². The topological polar surface area (TPSA) is 42.1 Å². The van der Waals surface area contributed by atoms with Crippen molar-refractivity contribution in [1.29, 1.82) is 0 Å². The summed E-state index contributed by atoms with van der Waals surface area (Å²) >= 11 is 0. The van der Waals surface area contributed by atoms with E-state index in [-0.39, 0.29) is 11.9 Å². The lowest BCUT2D eigenvalue weighted by Crippen LogP contribution is -2.19. The van der Waals surface area contributed by atoms with Gasteiger partial charge in [-0.15, -0.1) is 0 Å². The molecular formula is C14H15NO2. The summed E-state index contributed by atoms with van der Waals surface area (Å²) in [4.78, 5) is 15.7. The second-order valence-corrected chi connectivity index (χ2v) is 4.54. The van der Waals surface area contributed by atoms with Crippen LogP contribution in [0.25, 0.3) is 10.9 Å². The fourth-order valence-electron chi connectivity index (χ4n) is 2.54. The number of ether oxygens (including phenoxy) is 1. The monoisotopic (exact) mass is 229 g/mol. The van der Waals surface area contributed by atoms with Gasteiger partial charge in [0.25, 0.3) is 0 Å². The van der Waals surface area contributed by atoms with Crippen LogP contribution in [0.2, 0.25) is 0 Å². The number of hydrogen-bond acceptors (Lipinski definition) is 2. The second-order valence-electron chi connectivity index (χ2n) is 4.54. The first-order chi connectivity index (χ1) is 8.27. The van der Waals surface area contributed by atoms with Crippen LogP contribution >= 0.6 is 0 Å². The van der Waals surface area contributed by atoms with Crippen molar-refractivity contribution in [2.45, 2.75) is 25.9 Å². The molecule has 0 bridgehead atoms. The number of carbonyl (C=O) groups is 1. The summed E-state index contributed by atoms with van der Waals surface area (Å²) in [6.07, 6.45) is 1.59. The molecule has 1 aliphatic rings. The number of ketones is 1. The molecule has 1 unspecified atom stereocenters. The van der Waals surface area contributed by atoms with Gasteiger partial charge in [0.2, 0.25) is 0 Å². The van der Waals surface area contributed by atoms with Crippen molar-refractivity contribution in [3.05, 3.63) is 35.5 Å². The minimum Gasteiger partial charge on any atom is -0.370 e. The van der Waals surface area contributed by atoms with E-state index >= 15 is 0 Å². The highest BCUT2D eigenvalue weighted by Crippen LogP contribution is 2.26. The average Bonchev–Trinajstić information content (AvgIpc) is 2.94. The zero-order valence-corrected chi connectivity index (χ0v) is 9.82. The maximum absolute atomic E-state index is 12.4. The quantitative estimate of drug-likeness (QED) is 0.804. The molecule has 0 radical (unpaired) electrons. The summed E-state index contributed by atoms with van der Waals surface area (Å²) in [6.45, 7) is 2.65. The molecule has 1 aliphatic heterocycles. The Labute approximate surface area is 99.8 Å². The Morgan fingerprint density at radius 2 is 2.24 bits per heavy atom. The van der Waals surface area contributed by atoms with Crippen molar-refractivity contribution < 1.29 is 9.53 Å². The van der Waals surface area contributed by atoms with E-state index in [9.17, 15) is 4.79 Å². The van der Waals surface area contributed by atoms with E-state index in [1.165, 1.54) is 0 Å². The Morgan fingerprint density at radius 1 is 1.41 bits per heavy atom. The maximum atomic E-state index is 12.4. The molecule has 1 atom stereocenters. The Hall–Kier alpha value is -1.61. The van der Waals surface area contributed by atoms with Crippen LogP contribution in [0.4, 0.5) is 0 Å². The Bertz CT molecular complexity index is 565. The second kappa shape index (κ2) is 4.00. The molecular weight excluding hydrogens is 214 g/mol. The van der Waals surface area contributed by atoms with Gasteiger partial charge in [0.05, 0.1) is 0 Å². The summed E-state index contributed by atoms with van der Waals surface area (Å²) in [5, 5.41) is 1.01. The predicted molar refractivity (Wildman–Crippen MR) is 66.3 cm³/mol. The highest BCUT2D eigenvalue weighted by Gasteiger charge is 2.27. The molecule has 0 spiro atoms. The summed E-state index contributed by atoms with van der Waals surface area (Å²) in [5.74, 6) is 0.123. The zero-order chi connectivity index (χ0) is 11.8. The van der Waals surface area contributed by atoms with Crippen LogP contribution in [0.1, 0.15) is 28.9 Å². The zero-order valence-electron chi connectivity index (χ0n) is 9.82. The molecule has 3 rings (SSSR count). The molecule has 1 aromatic carbocycles. The number of hydrogen-bond donors (Lipinski definition) is 1. The van der Waals surface area contributed by atoms with Gasteiger partial charge in [-0.2, -0.15) is 0 Å². The number of aromatic amines is 1. The fraction of sp³-hybridized carbons (Fsp3) is 0.357. The lowest BCUT2D eigenvalue weighted by Gasteiger charge is -2.08. The van der Waals surface area contributed by atoms with Crippen LogP contribution in [-0.2, 0) is 4.74 Å². The van der Waals surface area contributed by atoms with Crippen LogP contribution in [0.3, 0.4) is 0 Å². The van der Waals surface area contributed by atoms with Gasteiger partial charge in [-0.05, 0) is 25.8 Å². The number of H-pyrrole nitrogens is 1. The highest BCUT2D eigenvalue weighted by molar-refractivity contribution is 6.11. The standard InChI is InChI=1S/C14H15NO2/c1-9-13(14(16)12-7-4-8-17-12)10-5-2-3-6-11(10)15-9/h2-3,5-6,12,15H,4,7-8H2,1H3. The highest BCUT2D eigenvalue weighted by atomic mass is 16.5. The van der Waals surface area contributed by atoms with Crippen molar-refractivity contribution in [2.75, 3.05) is 6.61 Å². The molecule has 3 heteroatoms. The lowest BCUT2D eigenvalue weighted by molar-refractivity contribution is 0.0644. The molecule has 0 saturated carbocycles. The van der Waals surface area contributed by atoms with Gasteiger partial charge in [0.1, 0.15) is 6.10 Å². The number of benzene rings is 1. The summed E-state index contributed by atoms with van der Waals surface area (Å²) < 4.78 is 5.48. The van der Waals surface area contributed by atoms with Crippen molar-refractivity contribution in [2.24, 2.45) is 0 Å². The minimum absolute atomic E-state index is 0.123. The van der Waals surface area contributed by atoms with Crippen LogP contribution in [-0.4, -0.2) is 23.5 Å². The third-order valence-corrected chi connectivity index (χ3v) is 3.36. The van der Waals surface area contributed by atoms with Gasteiger partial charge in [0, 0.05) is 28.8 Å². The number of Topliss-reactive ketones (excluding diaryl/α,β-unsaturated/α-hetero) is 1. The summed E-state index contributed by atoms with van der Waals surface area (Å²) in [7, 11) is 0. The largest absolute Gasteiger partial charge is 0.370 e. The number of rotatable bonds is 2. The number of fused-ring (bicyclic) bond motifs is 1. The molecule has 17 heavy (non-hydrogen) atoms. The van der Waals surface area contributed by atoms with Gasteiger partial charge in [-0.1, -0.05) is 18.2 Å². The fourth-order valence-corrected chi connectivity index (χ4v) is 2.54. The average molecular weight is 229 g/mol. The Morgan fingerprint density at radius 3 is 3.00 bits per heavy atom. The number of aryl methyl sites for hydroxylation is 1. The van der Waals surface area contributed by atoms with E-state index in [0.29, 0.717) is 6.61 Å². The Kier molecular flexibility index (Phi) is 2.48. The summed E-state index contributed by atoms with van der Waals surface area (Å²) in [6, 6.07) is 7.91.